The van der Waals surface area contributed by atoms with Crippen LogP contribution in [0.15, 0.2) is 28.7 Å². The van der Waals surface area contributed by atoms with Crippen molar-refractivity contribution < 1.29 is 14.3 Å². The molecule has 1 heterocycles. The third kappa shape index (κ3) is 2.38. The lowest BCUT2D eigenvalue weighted by Gasteiger charge is -1.96. The van der Waals surface area contributed by atoms with Gasteiger partial charge in [0, 0.05) is 5.02 Å². The third-order valence-electron chi connectivity index (χ3n) is 1.89. The highest BCUT2D eigenvalue weighted by molar-refractivity contribution is 6.30. The van der Waals surface area contributed by atoms with Crippen LogP contribution in [-0.4, -0.2) is 21.3 Å². The fourth-order valence-corrected chi connectivity index (χ4v) is 1.45. The zero-order valence-electron chi connectivity index (χ0n) is 8.05. The topological polar surface area (TPSA) is 76.2 Å². The first-order chi connectivity index (χ1) is 7.65. The Balaban J connectivity index is 2.17. The van der Waals surface area contributed by atoms with Gasteiger partial charge in [-0.3, -0.25) is 0 Å². The van der Waals surface area contributed by atoms with Crippen LogP contribution < -0.4 is 0 Å². The minimum atomic E-state index is -1.23. The molecule has 82 valence electrons. The molecule has 1 aromatic carbocycles. The number of carboxylic acid groups (broad SMARTS) is 1. The average Bonchev–Trinajstić information content (AvgIpc) is 2.66. The van der Waals surface area contributed by atoms with Crippen LogP contribution in [-0.2, 0) is 6.42 Å². The maximum Gasteiger partial charge on any atom is 0.393 e. The van der Waals surface area contributed by atoms with Gasteiger partial charge >= 0.3 is 11.9 Å². The van der Waals surface area contributed by atoms with Crippen molar-refractivity contribution in [1.29, 1.82) is 0 Å². The predicted octanol–water partition coefficient (Wildman–Crippen LogP) is 2.01. The first-order valence-electron chi connectivity index (χ1n) is 4.45. The molecule has 5 nitrogen and oxygen atoms in total. The predicted molar refractivity (Wildman–Crippen MR) is 55.5 cm³/mol. The van der Waals surface area contributed by atoms with Crippen molar-refractivity contribution in [2.24, 2.45) is 0 Å². The third-order valence-corrected chi connectivity index (χ3v) is 2.13. The number of aromatic nitrogens is 2. The lowest BCUT2D eigenvalue weighted by Crippen LogP contribution is -1.95. The van der Waals surface area contributed by atoms with Crippen LogP contribution in [0.1, 0.15) is 22.1 Å². The highest BCUT2D eigenvalue weighted by Crippen LogP contribution is 2.14. The zero-order valence-corrected chi connectivity index (χ0v) is 8.81. The molecule has 0 radical (unpaired) electrons. The van der Waals surface area contributed by atoms with Crippen molar-refractivity contribution in [1.82, 2.24) is 10.2 Å². The summed E-state index contributed by atoms with van der Waals surface area (Å²) in [5.74, 6) is -1.39. The molecule has 1 N–H and O–H groups in total. The van der Waals surface area contributed by atoms with E-state index in [1.807, 2.05) is 6.07 Å². The van der Waals surface area contributed by atoms with Crippen LogP contribution in [0.5, 0.6) is 0 Å². The molecule has 0 spiro atoms. The summed E-state index contributed by atoms with van der Waals surface area (Å²) in [6.07, 6.45) is 0.362. The average molecular weight is 239 g/mol. The number of nitrogens with zero attached hydrogens (tertiary/aromatic N) is 2. The van der Waals surface area contributed by atoms with Crippen molar-refractivity contribution in [3.05, 3.63) is 46.6 Å². The van der Waals surface area contributed by atoms with Gasteiger partial charge in [-0.2, -0.15) is 0 Å². The molecule has 0 atom stereocenters. The SMILES string of the molecule is O=C(O)c1nnc(Cc2cccc(Cl)c2)o1. The van der Waals surface area contributed by atoms with Gasteiger partial charge in [0.15, 0.2) is 0 Å². The van der Waals surface area contributed by atoms with Crippen molar-refractivity contribution in [2.75, 3.05) is 0 Å². The Kier molecular flexibility index (Phi) is 2.87. The van der Waals surface area contributed by atoms with E-state index in [1.165, 1.54) is 0 Å². The van der Waals surface area contributed by atoms with E-state index >= 15 is 0 Å². The Morgan fingerprint density at radius 3 is 2.88 bits per heavy atom. The summed E-state index contributed by atoms with van der Waals surface area (Å²) in [5.41, 5.74) is 0.882. The van der Waals surface area contributed by atoms with E-state index in [4.69, 9.17) is 21.1 Å². The number of hydrogen-bond donors (Lipinski definition) is 1. The van der Waals surface area contributed by atoms with E-state index in [1.54, 1.807) is 18.2 Å². The quantitative estimate of drug-likeness (QED) is 0.885. The fourth-order valence-electron chi connectivity index (χ4n) is 1.23. The van der Waals surface area contributed by atoms with Crippen LogP contribution in [0, 0.1) is 0 Å². The Morgan fingerprint density at radius 1 is 1.44 bits per heavy atom. The number of aromatic carboxylic acids is 1. The first-order valence-corrected chi connectivity index (χ1v) is 4.83. The summed E-state index contributed by atoms with van der Waals surface area (Å²) in [5, 5.41) is 16.2. The summed E-state index contributed by atoms with van der Waals surface area (Å²) in [6.45, 7) is 0. The van der Waals surface area contributed by atoms with Gasteiger partial charge in [-0.15, -0.1) is 10.2 Å². The Morgan fingerprint density at radius 2 is 2.25 bits per heavy atom. The van der Waals surface area contributed by atoms with E-state index in [2.05, 4.69) is 10.2 Å². The molecule has 16 heavy (non-hydrogen) atoms. The van der Waals surface area contributed by atoms with Crippen LogP contribution in [0.4, 0.5) is 0 Å². The van der Waals surface area contributed by atoms with Gasteiger partial charge in [0.1, 0.15) is 0 Å². The summed E-state index contributed by atoms with van der Waals surface area (Å²) in [4.78, 5) is 10.5. The number of rotatable bonds is 3. The lowest BCUT2D eigenvalue weighted by molar-refractivity contribution is 0.0651. The van der Waals surface area contributed by atoms with Crippen molar-refractivity contribution in [3.63, 3.8) is 0 Å². The fraction of sp³-hybridized carbons (Fsp3) is 0.100. The maximum absolute atomic E-state index is 10.5. The molecule has 0 bridgehead atoms. The molecule has 0 amide bonds. The van der Waals surface area contributed by atoms with Crippen molar-refractivity contribution >= 4 is 17.6 Å². The summed E-state index contributed by atoms with van der Waals surface area (Å²) in [7, 11) is 0. The lowest BCUT2D eigenvalue weighted by atomic mass is 10.1. The van der Waals surface area contributed by atoms with E-state index in [0.29, 0.717) is 11.4 Å². The van der Waals surface area contributed by atoms with Gasteiger partial charge in [-0.1, -0.05) is 23.7 Å². The molecule has 0 unspecified atom stereocenters. The zero-order chi connectivity index (χ0) is 11.5. The highest BCUT2D eigenvalue weighted by Gasteiger charge is 2.12. The number of halogens is 1. The molecule has 0 aliphatic heterocycles. The second kappa shape index (κ2) is 4.32. The summed E-state index contributed by atoms with van der Waals surface area (Å²) < 4.78 is 4.92. The molecule has 0 aliphatic rings. The number of hydrogen-bond acceptors (Lipinski definition) is 4. The van der Waals surface area contributed by atoms with Gasteiger partial charge in [0.2, 0.25) is 5.89 Å². The largest absolute Gasteiger partial charge is 0.474 e. The standard InChI is InChI=1S/C10H7ClN2O3/c11-7-3-1-2-6(4-7)5-8-12-13-9(16-8)10(14)15/h1-4H,5H2,(H,14,15). The highest BCUT2D eigenvalue weighted by atomic mass is 35.5. The number of benzene rings is 1. The molecule has 1 aromatic heterocycles. The molecule has 0 saturated carbocycles. The minimum Gasteiger partial charge on any atom is -0.474 e. The molecule has 2 aromatic rings. The van der Waals surface area contributed by atoms with E-state index < -0.39 is 11.9 Å². The molecule has 0 fully saturated rings. The van der Waals surface area contributed by atoms with Crippen LogP contribution >= 0.6 is 11.6 Å². The van der Waals surface area contributed by atoms with Crippen molar-refractivity contribution in [3.8, 4) is 0 Å². The van der Waals surface area contributed by atoms with E-state index in [-0.39, 0.29) is 5.89 Å². The first kappa shape index (κ1) is 10.6. The molecular weight excluding hydrogens is 232 g/mol. The van der Waals surface area contributed by atoms with E-state index in [0.717, 1.165) is 5.56 Å². The molecule has 0 saturated heterocycles. The normalized spacial score (nSPS) is 10.3. The Bertz CT molecular complexity index is 524. The Labute approximate surface area is 95.7 Å². The van der Waals surface area contributed by atoms with Crippen LogP contribution in [0.3, 0.4) is 0 Å². The molecule has 0 aliphatic carbocycles. The van der Waals surface area contributed by atoms with E-state index in [9.17, 15) is 4.79 Å². The minimum absolute atomic E-state index is 0.250. The van der Waals surface area contributed by atoms with Gasteiger partial charge in [0.25, 0.3) is 0 Å². The smallest absolute Gasteiger partial charge is 0.393 e. The number of carbonyl (C=O) groups is 1. The van der Waals surface area contributed by atoms with Gasteiger partial charge in [-0.25, -0.2) is 4.79 Å². The Hall–Kier alpha value is -1.88. The summed E-state index contributed by atoms with van der Waals surface area (Å²) >= 11 is 5.81. The maximum atomic E-state index is 10.5. The van der Waals surface area contributed by atoms with Gasteiger partial charge in [-0.05, 0) is 17.7 Å². The van der Waals surface area contributed by atoms with Gasteiger partial charge < -0.3 is 9.52 Å². The molecular formula is C10H7ClN2O3. The molecule has 2 rings (SSSR count). The summed E-state index contributed by atoms with van der Waals surface area (Å²) in [6, 6.07) is 7.15. The second-order valence-electron chi connectivity index (χ2n) is 3.11. The second-order valence-corrected chi connectivity index (χ2v) is 3.55. The van der Waals surface area contributed by atoms with Crippen molar-refractivity contribution in [2.45, 2.75) is 6.42 Å². The molecule has 6 heteroatoms. The monoisotopic (exact) mass is 238 g/mol. The van der Waals surface area contributed by atoms with Crippen LogP contribution in [0.2, 0.25) is 5.02 Å². The number of carboxylic acids is 1. The van der Waals surface area contributed by atoms with Gasteiger partial charge in [0.05, 0.1) is 6.42 Å². The van der Waals surface area contributed by atoms with Crippen LogP contribution in [0.25, 0.3) is 0 Å².